The second kappa shape index (κ2) is 3.56. The molecule has 66 valence electrons. The maximum Gasteiger partial charge on any atom is 0.106 e. The van der Waals surface area contributed by atoms with Crippen LogP contribution in [0.5, 0.6) is 0 Å². The molecule has 1 heterocycles. The van der Waals surface area contributed by atoms with Gasteiger partial charge in [0, 0.05) is 5.69 Å². The zero-order valence-corrected chi connectivity index (χ0v) is 9.57. The number of rotatable bonds is 1. The van der Waals surface area contributed by atoms with E-state index < -0.39 is 0 Å². The standard InChI is InChI=1S/C10H14BrN/c1-6(2)10-8(4)7(3)5-9(11)12-10/h5-6H,1-4H3. The highest BCUT2D eigenvalue weighted by Gasteiger charge is 2.07. The van der Waals surface area contributed by atoms with Crippen LogP contribution in [0.1, 0.15) is 36.6 Å². The Morgan fingerprint density at radius 3 is 2.42 bits per heavy atom. The van der Waals surface area contributed by atoms with Crippen LogP contribution in [0.4, 0.5) is 0 Å². The summed E-state index contributed by atoms with van der Waals surface area (Å²) >= 11 is 3.40. The fourth-order valence-electron chi connectivity index (χ4n) is 1.28. The van der Waals surface area contributed by atoms with Gasteiger partial charge in [0.1, 0.15) is 4.60 Å². The normalized spacial score (nSPS) is 10.8. The Hall–Kier alpha value is -0.370. The van der Waals surface area contributed by atoms with Crippen LogP contribution in [-0.4, -0.2) is 4.98 Å². The molecule has 1 aromatic rings. The van der Waals surface area contributed by atoms with Crippen LogP contribution in [0.3, 0.4) is 0 Å². The lowest BCUT2D eigenvalue weighted by Crippen LogP contribution is -1.99. The van der Waals surface area contributed by atoms with Crippen LogP contribution in [0.25, 0.3) is 0 Å². The van der Waals surface area contributed by atoms with Crippen LogP contribution in [0.2, 0.25) is 0 Å². The monoisotopic (exact) mass is 227 g/mol. The lowest BCUT2D eigenvalue weighted by atomic mass is 10.0. The highest BCUT2D eigenvalue weighted by molar-refractivity contribution is 9.10. The first kappa shape index (κ1) is 9.72. The molecule has 0 aliphatic rings. The molecule has 1 rings (SSSR count). The van der Waals surface area contributed by atoms with E-state index in [1.54, 1.807) is 0 Å². The van der Waals surface area contributed by atoms with Gasteiger partial charge in [0.2, 0.25) is 0 Å². The average Bonchev–Trinajstić information content (AvgIpc) is 1.96. The lowest BCUT2D eigenvalue weighted by molar-refractivity contribution is 0.803. The SMILES string of the molecule is Cc1cc(Br)nc(C(C)C)c1C. The first-order valence-corrected chi connectivity index (χ1v) is 4.95. The van der Waals surface area contributed by atoms with Gasteiger partial charge >= 0.3 is 0 Å². The zero-order chi connectivity index (χ0) is 9.30. The Morgan fingerprint density at radius 2 is 1.92 bits per heavy atom. The number of aromatic nitrogens is 1. The molecule has 0 radical (unpaired) electrons. The van der Waals surface area contributed by atoms with E-state index in [0.29, 0.717) is 5.92 Å². The topological polar surface area (TPSA) is 12.9 Å². The maximum absolute atomic E-state index is 4.45. The number of aryl methyl sites for hydroxylation is 1. The Balaban J connectivity index is 3.28. The van der Waals surface area contributed by atoms with Crippen molar-refractivity contribution in [2.45, 2.75) is 33.6 Å². The van der Waals surface area contributed by atoms with Crippen molar-refractivity contribution in [1.82, 2.24) is 4.98 Å². The second-order valence-electron chi connectivity index (χ2n) is 3.43. The summed E-state index contributed by atoms with van der Waals surface area (Å²) < 4.78 is 0.939. The van der Waals surface area contributed by atoms with Gasteiger partial charge < -0.3 is 0 Å². The molecule has 0 aliphatic carbocycles. The third-order valence-electron chi connectivity index (χ3n) is 2.09. The Bertz CT molecular complexity index is 292. The summed E-state index contributed by atoms with van der Waals surface area (Å²) in [5, 5.41) is 0. The fourth-order valence-corrected chi connectivity index (χ4v) is 1.82. The minimum atomic E-state index is 0.501. The van der Waals surface area contributed by atoms with E-state index in [1.165, 1.54) is 16.8 Å². The van der Waals surface area contributed by atoms with Crippen LogP contribution in [0, 0.1) is 13.8 Å². The molecule has 0 aliphatic heterocycles. The minimum Gasteiger partial charge on any atom is -0.245 e. The van der Waals surface area contributed by atoms with Crippen molar-refractivity contribution in [3.8, 4) is 0 Å². The lowest BCUT2D eigenvalue weighted by Gasteiger charge is -2.11. The highest BCUT2D eigenvalue weighted by Crippen LogP contribution is 2.22. The van der Waals surface area contributed by atoms with Crippen molar-refractivity contribution in [3.05, 3.63) is 27.5 Å². The van der Waals surface area contributed by atoms with Crippen molar-refractivity contribution in [2.24, 2.45) is 0 Å². The summed E-state index contributed by atoms with van der Waals surface area (Å²) in [5.74, 6) is 0.501. The molecule has 0 fully saturated rings. The van der Waals surface area contributed by atoms with Gasteiger partial charge in [-0.25, -0.2) is 4.98 Å². The molecule has 12 heavy (non-hydrogen) atoms. The molecule has 2 heteroatoms. The summed E-state index contributed by atoms with van der Waals surface area (Å²) in [7, 11) is 0. The molecule has 1 nitrogen and oxygen atoms in total. The highest BCUT2D eigenvalue weighted by atomic mass is 79.9. The molecule has 0 unspecified atom stereocenters. The fraction of sp³-hybridized carbons (Fsp3) is 0.500. The molecule has 0 aromatic carbocycles. The second-order valence-corrected chi connectivity index (χ2v) is 4.24. The maximum atomic E-state index is 4.45. The van der Waals surface area contributed by atoms with Gasteiger partial charge in [0.25, 0.3) is 0 Å². The molecule has 0 saturated carbocycles. The average molecular weight is 228 g/mol. The van der Waals surface area contributed by atoms with Gasteiger partial charge in [-0.1, -0.05) is 13.8 Å². The van der Waals surface area contributed by atoms with Gasteiger partial charge in [-0.3, -0.25) is 0 Å². The molecular formula is C10H14BrN. The minimum absolute atomic E-state index is 0.501. The molecule has 0 atom stereocenters. The van der Waals surface area contributed by atoms with Gasteiger partial charge in [-0.15, -0.1) is 0 Å². The van der Waals surface area contributed by atoms with Crippen molar-refractivity contribution in [2.75, 3.05) is 0 Å². The number of nitrogens with zero attached hydrogens (tertiary/aromatic N) is 1. The summed E-state index contributed by atoms with van der Waals surface area (Å²) in [4.78, 5) is 4.45. The predicted molar refractivity (Wildman–Crippen MR) is 55.5 cm³/mol. The summed E-state index contributed by atoms with van der Waals surface area (Å²) in [5.41, 5.74) is 3.82. The van der Waals surface area contributed by atoms with Crippen LogP contribution < -0.4 is 0 Å². The number of pyridine rings is 1. The molecule has 0 amide bonds. The molecule has 0 bridgehead atoms. The third kappa shape index (κ3) is 1.86. The third-order valence-corrected chi connectivity index (χ3v) is 2.49. The zero-order valence-electron chi connectivity index (χ0n) is 7.98. The predicted octanol–water partition coefficient (Wildman–Crippen LogP) is 3.58. The van der Waals surface area contributed by atoms with Gasteiger partial charge in [0.15, 0.2) is 0 Å². The summed E-state index contributed by atoms with van der Waals surface area (Å²) in [6.45, 7) is 8.58. The summed E-state index contributed by atoms with van der Waals surface area (Å²) in [6, 6.07) is 2.06. The van der Waals surface area contributed by atoms with Crippen LogP contribution in [-0.2, 0) is 0 Å². The van der Waals surface area contributed by atoms with Crippen molar-refractivity contribution in [1.29, 1.82) is 0 Å². The Kier molecular flexibility index (Phi) is 2.89. The molecule has 0 saturated heterocycles. The molecule has 1 aromatic heterocycles. The van der Waals surface area contributed by atoms with E-state index in [2.05, 4.69) is 54.7 Å². The first-order valence-electron chi connectivity index (χ1n) is 4.16. The number of hydrogen-bond donors (Lipinski definition) is 0. The largest absolute Gasteiger partial charge is 0.245 e. The van der Waals surface area contributed by atoms with Crippen molar-refractivity contribution in [3.63, 3.8) is 0 Å². The number of hydrogen-bond acceptors (Lipinski definition) is 1. The van der Waals surface area contributed by atoms with Crippen molar-refractivity contribution < 1.29 is 0 Å². The Labute approximate surface area is 82.3 Å². The van der Waals surface area contributed by atoms with Crippen LogP contribution in [0.15, 0.2) is 10.7 Å². The van der Waals surface area contributed by atoms with E-state index in [4.69, 9.17) is 0 Å². The van der Waals surface area contributed by atoms with E-state index in [-0.39, 0.29) is 0 Å². The first-order chi connectivity index (χ1) is 5.52. The molecule has 0 spiro atoms. The van der Waals surface area contributed by atoms with E-state index in [9.17, 15) is 0 Å². The quantitative estimate of drug-likeness (QED) is 0.669. The molecule has 0 N–H and O–H groups in total. The van der Waals surface area contributed by atoms with Crippen molar-refractivity contribution >= 4 is 15.9 Å². The van der Waals surface area contributed by atoms with Gasteiger partial charge in [-0.05, 0) is 52.9 Å². The van der Waals surface area contributed by atoms with E-state index in [0.717, 1.165) is 4.60 Å². The number of halogens is 1. The van der Waals surface area contributed by atoms with E-state index >= 15 is 0 Å². The Morgan fingerprint density at radius 1 is 1.33 bits per heavy atom. The van der Waals surface area contributed by atoms with Gasteiger partial charge in [-0.2, -0.15) is 0 Å². The van der Waals surface area contributed by atoms with Crippen LogP contribution >= 0.6 is 15.9 Å². The van der Waals surface area contributed by atoms with E-state index in [1.807, 2.05) is 0 Å². The molecular weight excluding hydrogens is 214 g/mol. The smallest absolute Gasteiger partial charge is 0.106 e. The summed E-state index contributed by atoms with van der Waals surface area (Å²) in [6.07, 6.45) is 0. The van der Waals surface area contributed by atoms with Gasteiger partial charge in [0.05, 0.1) is 0 Å².